The zero-order chi connectivity index (χ0) is 19.0. The molecule has 0 spiro atoms. The van der Waals surface area contributed by atoms with E-state index in [1.807, 2.05) is 20.8 Å². The average molecular weight is 362 g/mol. The van der Waals surface area contributed by atoms with Crippen LogP contribution < -0.4 is 0 Å². The van der Waals surface area contributed by atoms with E-state index < -0.39 is 0 Å². The second-order valence-corrected chi connectivity index (χ2v) is 7.64. The zero-order valence-electron chi connectivity index (χ0n) is 15.3. The quantitative estimate of drug-likeness (QED) is 0.634. The van der Waals surface area contributed by atoms with Gasteiger partial charge in [0.05, 0.1) is 11.8 Å². The molecule has 3 aliphatic rings. The highest BCUT2D eigenvalue weighted by molar-refractivity contribution is 5.77. The molecule has 2 aliphatic carbocycles. The molecule has 5 atom stereocenters. The van der Waals surface area contributed by atoms with Crippen LogP contribution in [0.1, 0.15) is 39.2 Å². The Morgan fingerprint density at radius 2 is 2.00 bits per heavy atom. The molecule has 1 heterocycles. The highest BCUT2D eigenvalue weighted by Crippen LogP contribution is 2.55. The van der Waals surface area contributed by atoms with Crippen molar-refractivity contribution >= 4 is 11.9 Å². The Balaban J connectivity index is 0.000000170. The smallest absolute Gasteiger partial charge is 0.309 e. The molecule has 6 heteroatoms. The molecule has 2 bridgehead atoms. The summed E-state index contributed by atoms with van der Waals surface area (Å²) >= 11 is 0. The summed E-state index contributed by atoms with van der Waals surface area (Å²) in [5.74, 6) is 0.252. The molecule has 3 fully saturated rings. The van der Waals surface area contributed by atoms with Crippen LogP contribution in [0.5, 0.6) is 11.5 Å². The number of esters is 2. The number of aromatic hydroxyl groups is 2. The van der Waals surface area contributed by atoms with Gasteiger partial charge in [0.1, 0.15) is 12.2 Å². The Morgan fingerprint density at radius 1 is 1.27 bits per heavy atom. The lowest BCUT2D eigenvalue weighted by Crippen LogP contribution is -2.36. The van der Waals surface area contributed by atoms with E-state index >= 15 is 0 Å². The normalized spacial score (nSPS) is 30.8. The standard InChI is InChI=1S/C12H16O4.C8H10O2/c1-5(2)11(13)15-9-6-3-7-8(4-6)12(14)16-10(7)9;1-2-6-3-4-7(9)8(10)5-6/h5-10H,3-4H2,1-2H3;3-5,9-10H,2H2,1H3. The fourth-order valence-electron chi connectivity index (χ4n) is 4.12. The third kappa shape index (κ3) is 3.37. The first-order valence-corrected chi connectivity index (χ1v) is 9.23. The van der Waals surface area contributed by atoms with Gasteiger partial charge in [0.25, 0.3) is 0 Å². The van der Waals surface area contributed by atoms with Gasteiger partial charge in [0.15, 0.2) is 11.5 Å². The van der Waals surface area contributed by atoms with Crippen molar-refractivity contribution in [1.29, 1.82) is 0 Å². The third-order valence-corrected chi connectivity index (χ3v) is 5.59. The molecule has 0 radical (unpaired) electrons. The Kier molecular flexibility index (Phi) is 5.12. The van der Waals surface area contributed by atoms with Gasteiger partial charge >= 0.3 is 11.9 Å². The first-order valence-electron chi connectivity index (χ1n) is 9.23. The zero-order valence-corrected chi connectivity index (χ0v) is 15.3. The van der Waals surface area contributed by atoms with Crippen LogP contribution in [0.2, 0.25) is 0 Å². The van der Waals surface area contributed by atoms with Crippen molar-refractivity contribution < 1.29 is 29.3 Å². The van der Waals surface area contributed by atoms with Crippen molar-refractivity contribution in [2.75, 3.05) is 0 Å². The molecule has 1 aliphatic heterocycles. The van der Waals surface area contributed by atoms with Gasteiger partial charge in [-0.2, -0.15) is 0 Å². The first-order chi connectivity index (χ1) is 12.3. The van der Waals surface area contributed by atoms with Gasteiger partial charge in [-0.15, -0.1) is 0 Å². The highest BCUT2D eigenvalue weighted by atomic mass is 16.6. The van der Waals surface area contributed by atoms with Crippen LogP contribution in [-0.2, 0) is 25.5 Å². The van der Waals surface area contributed by atoms with Crippen LogP contribution in [-0.4, -0.2) is 34.4 Å². The van der Waals surface area contributed by atoms with Crippen LogP contribution in [0.3, 0.4) is 0 Å². The van der Waals surface area contributed by atoms with Crippen LogP contribution >= 0.6 is 0 Å². The SMILES string of the molecule is CC(C)C(=O)OC1C2CC3C(=O)OC1C3C2.CCc1ccc(O)c(O)c1. The second-order valence-electron chi connectivity index (χ2n) is 7.64. The maximum atomic E-state index is 11.6. The first kappa shape index (κ1) is 18.5. The third-order valence-electron chi connectivity index (χ3n) is 5.59. The summed E-state index contributed by atoms with van der Waals surface area (Å²) < 4.78 is 10.8. The fraction of sp³-hybridized carbons (Fsp3) is 0.600. The number of ether oxygens (including phenoxy) is 2. The number of fused-ring (bicyclic) bond motifs is 1. The molecule has 142 valence electrons. The molecule has 1 aromatic carbocycles. The molecular formula is C20H26O6. The molecule has 1 saturated heterocycles. The summed E-state index contributed by atoms with van der Waals surface area (Å²) in [7, 11) is 0. The van der Waals surface area contributed by atoms with E-state index in [2.05, 4.69) is 0 Å². The number of rotatable bonds is 3. The maximum absolute atomic E-state index is 11.6. The summed E-state index contributed by atoms with van der Waals surface area (Å²) in [6.07, 6.45) is 2.36. The van der Waals surface area contributed by atoms with Gasteiger partial charge < -0.3 is 19.7 Å². The van der Waals surface area contributed by atoms with Crippen molar-refractivity contribution in [2.24, 2.45) is 23.7 Å². The Labute approximate surface area is 153 Å². The van der Waals surface area contributed by atoms with Crippen molar-refractivity contribution in [3.63, 3.8) is 0 Å². The topological polar surface area (TPSA) is 93.1 Å². The fourth-order valence-corrected chi connectivity index (χ4v) is 4.12. The van der Waals surface area contributed by atoms with Crippen LogP contribution in [0.15, 0.2) is 18.2 Å². The number of benzene rings is 1. The summed E-state index contributed by atoms with van der Waals surface area (Å²) in [5, 5.41) is 17.9. The molecule has 5 unspecified atom stereocenters. The van der Waals surface area contributed by atoms with E-state index in [9.17, 15) is 9.59 Å². The Bertz CT molecular complexity index is 698. The largest absolute Gasteiger partial charge is 0.504 e. The second kappa shape index (κ2) is 7.17. The van der Waals surface area contributed by atoms with Crippen LogP contribution in [0, 0.1) is 23.7 Å². The lowest BCUT2D eigenvalue weighted by Gasteiger charge is -2.25. The molecule has 2 saturated carbocycles. The van der Waals surface area contributed by atoms with E-state index in [0.29, 0.717) is 11.8 Å². The highest BCUT2D eigenvalue weighted by Gasteiger charge is 2.63. The monoisotopic (exact) mass is 362 g/mol. The van der Waals surface area contributed by atoms with E-state index in [1.54, 1.807) is 12.1 Å². The number of carbonyl (C=O) groups is 2. The molecule has 2 N–H and O–H groups in total. The minimum atomic E-state index is -0.183. The molecule has 6 nitrogen and oxygen atoms in total. The van der Waals surface area contributed by atoms with Gasteiger partial charge in [0, 0.05) is 11.8 Å². The minimum Gasteiger partial charge on any atom is -0.504 e. The number of phenolic OH excluding ortho intramolecular Hbond substituents is 2. The van der Waals surface area contributed by atoms with Gasteiger partial charge in [-0.25, -0.2) is 0 Å². The van der Waals surface area contributed by atoms with Crippen molar-refractivity contribution in [3.8, 4) is 11.5 Å². The predicted octanol–water partition coefficient (Wildman–Crippen LogP) is 2.80. The van der Waals surface area contributed by atoms with Gasteiger partial charge in [-0.3, -0.25) is 9.59 Å². The van der Waals surface area contributed by atoms with E-state index in [4.69, 9.17) is 19.7 Å². The van der Waals surface area contributed by atoms with Crippen molar-refractivity contribution in [2.45, 2.75) is 52.2 Å². The molecule has 26 heavy (non-hydrogen) atoms. The number of hydrogen-bond acceptors (Lipinski definition) is 6. The Hall–Kier alpha value is -2.24. The summed E-state index contributed by atoms with van der Waals surface area (Å²) in [4.78, 5) is 23.1. The summed E-state index contributed by atoms with van der Waals surface area (Å²) in [6, 6.07) is 4.85. The number of aryl methyl sites for hydroxylation is 1. The van der Waals surface area contributed by atoms with Gasteiger partial charge in [-0.05, 0) is 37.0 Å². The van der Waals surface area contributed by atoms with Crippen molar-refractivity contribution in [1.82, 2.24) is 0 Å². The maximum Gasteiger partial charge on any atom is 0.309 e. The molecule has 4 rings (SSSR count). The van der Waals surface area contributed by atoms with Crippen molar-refractivity contribution in [3.05, 3.63) is 23.8 Å². The molecule has 0 aromatic heterocycles. The van der Waals surface area contributed by atoms with Crippen LogP contribution in [0.25, 0.3) is 0 Å². The number of hydrogen-bond donors (Lipinski definition) is 2. The number of carbonyl (C=O) groups excluding carboxylic acids is 2. The summed E-state index contributed by atoms with van der Waals surface area (Å²) in [5.41, 5.74) is 1.02. The molecule has 0 amide bonds. The van der Waals surface area contributed by atoms with E-state index in [1.165, 1.54) is 6.07 Å². The van der Waals surface area contributed by atoms with E-state index in [0.717, 1.165) is 24.8 Å². The predicted molar refractivity (Wildman–Crippen MR) is 93.5 cm³/mol. The summed E-state index contributed by atoms with van der Waals surface area (Å²) in [6.45, 7) is 5.63. The lowest BCUT2D eigenvalue weighted by molar-refractivity contribution is -0.164. The van der Waals surface area contributed by atoms with E-state index in [-0.39, 0.29) is 47.5 Å². The average Bonchev–Trinajstić information content (AvgIpc) is 3.22. The molecular weight excluding hydrogens is 336 g/mol. The van der Waals surface area contributed by atoms with Crippen LogP contribution in [0.4, 0.5) is 0 Å². The lowest BCUT2D eigenvalue weighted by atomic mass is 9.88. The van der Waals surface area contributed by atoms with Gasteiger partial charge in [-0.1, -0.05) is 26.8 Å². The minimum absolute atomic E-state index is 0.0423. The molecule has 1 aromatic rings. The van der Waals surface area contributed by atoms with Gasteiger partial charge in [0.2, 0.25) is 0 Å². The number of phenols is 2. The Morgan fingerprint density at radius 3 is 2.62 bits per heavy atom.